The number of piperidine rings is 1. The molecule has 3 rings (SSSR count). The van der Waals surface area contributed by atoms with Crippen molar-refractivity contribution in [3.63, 3.8) is 0 Å². The van der Waals surface area contributed by atoms with Gasteiger partial charge < -0.3 is 30.6 Å². The van der Waals surface area contributed by atoms with E-state index in [0.717, 1.165) is 16.4 Å². The molecule has 1 aliphatic rings. The minimum Gasteiger partial charge on any atom is -0.489 e. The van der Waals surface area contributed by atoms with Crippen molar-refractivity contribution in [2.24, 2.45) is 11.5 Å². The smallest absolute Gasteiger partial charge is 0.410 e. The number of carbonyl (C=O) groups excluding carboxylic acids is 4. The molecule has 0 atom stereocenters. The fourth-order valence-electron chi connectivity index (χ4n) is 4.71. The van der Waals surface area contributed by atoms with Gasteiger partial charge in [-0.1, -0.05) is 24.3 Å². The van der Waals surface area contributed by atoms with Gasteiger partial charge in [-0.2, -0.15) is 5.26 Å². The van der Waals surface area contributed by atoms with Crippen LogP contribution in [0, 0.1) is 11.3 Å². The van der Waals surface area contributed by atoms with Gasteiger partial charge >= 0.3 is 12.1 Å². The highest BCUT2D eigenvalue weighted by Crippen LogP contribution is 2.34. The lowest BCUT2D eigenvalue weighted by Gasteiger charge is -2.34. The summed E-state index contributed by atoms with van der Waals surface area (Å²) < 4.78 is 44.2. The Labute approximate surface area is 273 Å². The minimum absolute atomic E-state index is 0.0517. The van der Waals surface area contributed by atoms with Crippen molar-refractivity contribution >= 4 is 45.7 Å². The molecule has 2 aromatic carbocycles. The molecule has 1 saturated heterocycles. The second-order valence-corrected chi connectivity index (χ2v) is 13.5. The van der Waals surface area contributed by atoms with E-state index in [0.29, 0.717) is 24.0 Å². The maximum absolute atomic E-state index is 13.5. The Balaban J connectivity index is 1.99. The molecular formula is C32H39N5O9S. The third kappa shape index (κ3) is 10.2. The fraction of sp³-hybridized carbons (Fsp3) is 0.406. The maximum Gasteiger partial charge on any atom is 0.410 e. The number of anilines is 1. The van der Waals surface area contributed by atoms with Crippen LogP contribution in [0.3, 0.4) is 0 Å². The van der Waals surface area contributed by atoms with E-state index < -0.39 is 51.4 Å². The highest BCUT2D eigenvalue weighted by Gasteiger charge is 2.32. The molecule has 1 heterocycles. The second kappa shape index (κ2) is 15.5. The van der Waals surface area contributed by atoms with Gasteiger partial charge in [-0.15, -0.1) is 0 Å². The molecule has 47 heavy (non-hydrogen) atoms. The summed E-state index contributed by atoms with van der Waals surface area (Å²) in [5.74, 6) is -4.32. The predicted molar refractivity (Wildman–Crippen MR) is 173 cm³/mol. The number of ether oxygens (including phenoxy) is 3. The molecule has 0 aromatic heterocycles. The average molecular weight is 670 g/mol. The summed E-state index contributed by atoms with van der Waals surface area (Å²) in [5, 5.41) is 9.18. The molecule has 1 fully saturated rings. The van der Waals surface area contributed by atoms with E-state index in [2.05, 4.69) is 0 Å². The number of benzene rings is 2. The Morgan fingerprint density at radius 1 is 1.06 bits per heavy atom. The minimum atomic E-state index is -4.46. The number of nitrogens with zero attached hydrogens (tertiary/aromatic N) is 3. The van der Waals surface area contributed by atoms with E-state index in [1.165, 1.54) is 17.9 Å². The van der Waals surface area contributed by atoms with Crippen LogP contribution in [-0.2, 0) is 24.3 Å². The van der Waals surface area contributed by atoms with Crippen molar-refractivity contribution in [2.75, 3.05) is 36.3 Å². The molecule has 252 valence electrons. The quantitative estimate of drug-likeness (QED) is 0.315. The fourth-order valence-corrected chi connectivity index (χ4v) is 5.98. The molecule has 0 bridgehead atoms. The molecule has 3 amide bonds. The summed E-state index contributed by atoms with van der Waals surface area (Å²) in [7, 11) is -4.46. The largest absolute Gasteiger partial charge is 0.489 e. The molecule has 0 spiro atoms. The van der Waals surface area contributed by atoms with Gasteiger partial charge in [0, 0.05) is 25.9 Å². The molecule has 0 radical (unpaired) electrons. The van der Waals surface area contributed by atoms with Crippen LogP contribution in [0.4, 0.5) is 10.5 Å². The summed E-state index contributed by atoms with van der Waals surface area (Å²) >= 11 is 0. The topological polar surface area (TPSA) is 212 Å². The number of esters is 1. The van der Waals surface area contributed by atoms with E-state index >= 15 is 0 Å². The van der Waals surface area contributed by atoms with Gasteiger partial charge in [0.2, 0.25) is 10.0 Å². The molecule has 4 N–H and O–H groups in total. The number of rotatable bonds is 12. The van der Waals surface area contributed by atoms with E-state index in [1.807, 2.05) is 6.07 Å². The number of nitrogens with two attached hydrogens (primary N) is 2. The van der Waals surface area contributed by atoms with Gasteiger partial charge in [0.05, 0.1) is 41.6 Å². The number of hydrogen-bond acceptors (Lipinski definition) is 10. The molecule has 14 nitrogen and oxygen atoms in total. The van der Waals surface area contributed by atoms with Gasteiger partial charge in [0.1, 0.15) is 17.5 Å². The highest BCUT2D eigenvalue weighted by atomic mass is 32.2. The first-order valence-corrected chi connectivity index (χ1v) is 16.4. The Kier molecular flexibility index (Phi) is 12.0. The highest BCUT2D eigenvalue weighted by molar-refractivity contribution is 7.93. The third-order valence-electron chi connectivity index (χ3n) is 6.81. The van der Waals surface area contributed by atoms with Crippen molar-refractivity contribution in [2.45, 2.75) is 52.2 Å². The zero-order valence-corrected chi connectivity index (χ0v) is 27.5. The van der Waals surface area contributed by atoms with Gasteiger partial charge in [0.15, 0.2) is 5.75 Å². The van der Waals surface area contributed by atoms with Gasteiger partial charge in [-0.25, -0.2) is 13.2 Å². The van der Waals surface area contributed by atoms with Crippen LogP contribution in [-0.4, -0.2) is 80.9 Å². The lowest BCUT2D eigenvalue weighted by Crippen LogP contribution is -2.44. The van der Waals surface area contributed by atoms with Crippen molar-refractivity contribution in [3.8, 4) is 11.8 Å². The Hall–Kier alpha value is -5.10. The number of likely N-dealkylation sites (tertiary alicyclic amines) is 1. The first-order valence-electron chi connectivity index (χ1n) is 14.8. The van der Waals surface area contributed by atoms with E-state index in [9.17, 15) is 32.9 Å². The molecule has 0 unspecified atom stereocenters. The number of hydrogen-bond donors (Lipinski definition) is 2. The summed E-state index contributed by atoms with van der Waals surface area (Å²) in [6.07, 6.45) is 2.66. The van der Waals surface area contributed by atoms with Crippen LogP contribution in [0.2, 0.25) is 0 Å². The summed E-state index contributed by atoms with van der Waals surface area (Å²) in [6.45, 7) is 6.96. The number of carbonyl (C=O) groups is 4. The number of sulfonamides is 1. The number of primary amides is 2. The molecular weight excluding hydrogens is 630 g/mol. The van der Waals surface area contributed by atoms with Crippen molar-refractivity contribution in [1.82, 2.24) is 4.90 Å². The second-order valence-electron chi connectivity index (χ2n) is 11.6. The molecule has 0 saturated carbocycles. The zero-order valence-electron chi connectivity index (χ0n) is 26.7. The maximum atomic E-state index is 13.5. The van der Waals surface area contributed by atoms with E-state index in [-0.39, 0.29) is 48.8 Å². The lowest BCUT2D eigenvalue weighted by atomic mass is 10.0. The first-order chi connectivity index (χ1) is 22.0. The van der Waals surface area contributed by atoms with Crippen LogP contribution in [0.5, 0.6) is 5.75 Å². The molecule has 15 heteroatoms. The Morgan fingerprint density at radius 3 is 2.21 bits per heavy atom. The number of nitriles is 1. The van der Waals surface area contributed by atoms with Gasteiger partial charge in [0.25, 0.3) is 11.8 Å². The molecule has 2 aromatic rings. The summed E-state index contributed by atoms with van der Waals surface area (Å²) in [4.78, 5) is 51.6. The van der Waals surface area contributed by atoms with Gasteiger partial charge in [-0.3, -0.25) is 18.7 Å². The molecule has 1 aliphatic heterocycles. The van der Waals surface area contributed by atoms with Crippen LogP contribution in [0.15, 0.2) is 42.5 Å². The predicted octanol–water partition coefficient (Wildman–Crippen LogP) is 2.95. The normalized spacial score (nSPS) is 13.9. The lowest BCUT2D eigenvalue weighted by molar-refractivity contribution is -0.139. The van der Waals surface area contributed by atoms with Crippen LogP contribution < -0.4 is 20.5 Å². The monoisotopic (exact) mass is 669 g/mol. The van der Waals surface area contributed by atoms with Crippen molar-refractivity contribution in [3.05, 3.63) is 64.7 Å². The third-order valence-corrected chi connectivity index (χ3v) is 8.44. The van der Waals surface area contributed by atoms with Gasteiger partial charge in [-0.05, 0) is 57.5 Å². The SMILES string of the molecule is CCOC(=O)CS(=O)(=O)N(C/C=C/c1cccc(C#N)c1)c1cc(C(N)=O)c(OC2CCN(C(=O)OC(C)(C)C)CC2)c(C(N)=O)c1. The Morgan fingerprint density at radius 2 is 1.68 bits per heavy atom. The van der Waals surface area contributed by atoms with Crippen LogP contribution in [0.25, 0.3) is 6.08 Å². The van der Waals surface area contributed by atoms with Crippen molar-refractivity contribution < 1.29 is 41.8 Å². The zero-order chi connectivity index (χ0) is 34.9. The Bertz CT molecular complexity index is 1650. The standard InChI is InChI=1S/C32H39N5O9S/c1-5-44-27(38)20-47(42,43)37(13-7-10-21-8-6-9-22(16-21)19-33)23-17-25(29(34)39)28(26(18-23)30(35)40)45-24-11-14-36(15-12-24)31(41)46-32(2,3)4/h6-10,16-18,24H,5,11-15,20H2,1-4H3,(H2,34,39)(H2,35,40)/b10-7+. The average Bonchev–Trinajstić information content (AvgIpc) is 2.98. The number of amides is 3. The summed E-state index contributed by atoms with van der Waals surface area (Å²) in [5.41, 5.74) is 10.9. The van der Waals surface area contributed by atoms with Crippen LogP contribution in [0.1, 0.15) is 72.4 Å². The van der Waals surface area contributed by atoms with Crippen molar-refractivity contribution in [1.29, 1.82) is 5.26 Å². The van der Waals surface area contributed by atoms with Crippen LogP contribution >= 0.6 is 0 Å². The first kappa shape index (κ1) is 36.4. The van der Waals surface area contributed by atoms with E-state index in [1.54, 1.807) is 51.1 Å². The molecule has 0 aliphatic carbocycles. The summed E-state index contributed by atoms with van der Waals surface area (Å²) in [6, 6.07) is 10.9. The van der Waals surface area contributed by atoms with E-state index in [4.69, 9.17) is 25.7 Å².